The van der Waals surface area contributed by atoms with Crippen molar-refractivity contribution in [2.45, 2.75) is 0 Å². The van der Waals surface area contributed by atoms with Crippen LogP contribution in [0.1, 0.15) is 0 Å². The lowest BCUT2D eigenvalue weighted by atomic mass is 10.1. The van der Waals surface area contributed by atoms with Crippen molar-refractivity contribution in [2.75, 3.05) is 0 Å². The summed E-state index contributed by atoms with van der Waals surface area (Å²) in [6.45, 7) is 0. The Morgan fingerprint density at radius 1 is 1.00 bits per heavy atom. The van der Waals surface area contributed by atoms with Gasteiger partial charge in [-0.15, -0.1) is 0 Å². The minimum absolute atomic E-state index is 0.936. The number of nitrogens with zero attached hydrogens (tertiary/aromatic N) is 2. The van der Waals surface area contributed by atoms with E-state index >= 15 is 0 Å². The molecule has 0 saturated heterocycles. The van der Waals surface area contributed by atoms with Crippen molar-refractivity contribution in [3.8, 4) is 0 Å². The minimum atomic E-state index is 0.936. The van der Waals surface area contributed by atoms with Crippen LogP contribution in [-0.4, -0.2) is 10.2 Å². The second kappa shape index (κ2) is 2.77. The molecule has 0 atom stereocenters. The van der Waals surface area contributed by atoms with E-state index in [9.17, 15) is 0 Å². The van der Waals surface area contributed by atoms with Crippen molar-refractivity contribution in [1.82, 2.24) is 10.2 Å². The van der Waals surface area contributed by atoms with Crippen LogP contribution in [0.4, 0.5) is 0 Å². The molecule has 0 amide bonds. The second-order valence-corrected chi connectivity index (χ2v) is 3.22. The van der Waals surface area contributed by atoms with Crippen molar-refractivity contribution < 1.29 is 0 Å². The van der Waals surface area contributed by atoms with E-state index in [2.05, 4.69) is 22.3 Å². The first kappa shape index (κ1) is 7.44. The van der Waals surface area contributed by atoms with Crippen LogP contribution in [0, 0.1) is 6.07 Å². The summed E-state index contributed by atoms with van der Waals surface area (Å²) in [4.78, 5) is 0. The van der Waals surface area contributed by atoms with Crippen molar-refractivity contribution in [2.24, 2.45) is 0 Å². The Bertz CT molecular complexity index is 497. The zero-order chi connectivity index (χ0) is 9.38. The predicted molar refractivity (Wildman–Crippen MR) is 55.9 cm³/mol. The van der Waals surface area contributed by atoms with Gasteiger partial charge in [-0.25, -0.2) is 0 Å². The lowest BCUT2D eigenvalue weighted by Gasteiger charge is -1.99. The number of rotatable bonds is 0. The number of fused-ring (bicyclic) bond motifs is 2. The van der Waals surface area contributed by atoms with Gasteiger partial charge in [-0.05, 0) is 41.1 Å². The molecule has 65 valence electrons. The second-order valence-electron chi connectivity index (χ2n) is 3.22. The predicted octanol–water partition coefficient (Wildman–Crippen LogP) is 2.58. The van der Waals surface area contributed by atoms with Crippen molar-refractivity contribution in [1.29, 1.82) is 0 Å². The number of hydrogen-bond donors (Lipinski definition) is 0. The lowest BCUT2D eigenvalue weighted by molar-refractivity contribution is 1.08. The van der Waals surface area contributed by atoms with E-state index in [4.69, 9.17) is 0 Å². The van der Waals surface area contributed by atoms with E-state index in [1.165, 1.54) is 10.8 Å². The number of aromatic nitrogens is 2. The van der Waals surface area contributed by atoms with Gasteiger partial charge in [0, 0.05) is 5.39 Å². The van der Waals surface area contributed by atoms with Crippen molar-refractivity contribution >= 4 is 21.7 Å². The summed E-state index contributed by atoms with van der Waals surface area (Å²) in [6, 6.07) is 15.1. The van der Waals surface area contributed by atoms with Crippen molar-refractivity contribution in [3.05, 3.63) is 48.7 Å². The highest BCUT2D eigenvalue weighted by Gasteiger charge is 1.97. The third kappa shape index (κ3) is 1.04. The van der Waals surface area contributed by atoms with Gasteiger partial charge in [0.15, 0.2) is 0 Å². The molecule has 1 aromatic heterocycles. The fourth-order valence-corrected chi connectivity index (χ4v) is 1.61. The molecular weight excluding hydrogens is 172 g/mol. The molecule has 0 unspecified atom stereocenters. The number of hydrogen-bond acceptors (Lipinski definition) is 2. The van der Waals surface area contributed by atoms with E-state index < -0.39 is 0 Å². The van der Waals surface area contributed by atoms with Gasteiger partial charge >= 0.3 is 0 Å². The third-order valence-corrected chi connectivity index (χ3v) is 2.32. The van der Waals surface area contributed by atoms with E-state index in [0.29, 0.717) is 0 Å². The molecule has 1 radical (unpaired) electrons. The fourth-order valence-electron chi connectivity index (χ4n) is 1.61. The Kier molecular flexibility index (Phi) is 1.47. The first-order valence-corrected chi connectivity index (χ1v) is 4.45. The Hall–Kier alpha value is -1.96. The normalized spacial score (nSPS) is 10.9. The highest BCUT2D eigenvalue weighted by Crippen LogP contribution is 2.19. The van der Waals surface area contributed by atoms with Gasteiger partial charge in [0.2, 0.25) is 0 Å². The molecule has 2 nitrogen and oxygen atoms in total. The molecule has 3 aromatic rings. The smallest absolute Gasteiger partial charge is 0.0936 e. The molecule has 0 aliphatic rings. The van der Waals surface area contributed by atoms with Crippen LogP contribution in [0.25, 0.3) is 21.7 Å². The molecule has 2 aromatic carbocycles. The van der Waals surface area contributed by atoms with Gasteiger partial charge in [0.25, 0.3) is 0 Å². The van der Waals surface area contributed by atoms with Gasteiger partial charge in [0.1, 0.15) is 0 Å². The summed E-state index contributed by atoms with van der Waals surface area (Å²) in [7, 11) is 0. The largest absolute Gasteiger partial charge is 0.159 e. The molecule has 2 heteroatoms. The molecule has 14 heavy (non-hydrogen) atoms. The van der Waals surface area contributed by atoms with E-state index in [1.807, 2.05) is 30.3 Å². The monoisotopic (exact) mass is 179 g/mol. The molecule has 0 spiro atoms. The molecule has 0 aliphatic carbocycles. The SMILES string of the molecule is [c]1ccc2cc3nnccc3cc2c1. The molecule has 0 saturated carbocycles. The van der Waals surface area contributed by atoms with Gasteiger partial charge in [0.05, 0.1) is 11.7 Å². The summed E-state index contributed by atoms with van der Waals surface area (Å²) in [5.41, 5.74) is 0.936. The standard InChI is InChI=1S/C12H7N2/c1-2-4-10-8-12-11(5-6-13-14-12)7-9(10)3-1/h2-8H. The van der Waals surface area contributed by atoms with Crippen LogP contribution in [0.5, 0.6) is 0 Å². The molecule has 1 heterocycles. The van der Waals surface area contributed by atoms with E-state index in [1.54, 1.807) is 6.20 Å². The maximum absolute atomic E-state index is 4.07. The van der Waals surface area contributed by atoms with Gasteiger partial charge < -0.3 is 0 Å². The summed E-state index contributed by atoms with van der Waals surface area (Å²) in [5.74, 6) is 0. The Morgan fingerprint density at radius 2 is 2.00 bits per heavy atom. The topological polar surface area (TPSA) is 25.8 Å². The van der Waals surface area contributed by atoms with Crippen LogP contribution >= 0.6 is 0 Å². The van der Waals surface area contributed by atoms with Gasteiger partial charge in [-0.1, -0.05) is 12.1 Å². The molecule has 0 aliphatic heterocycles. The summed E-state index contributed by atoms with van der Waals surface area (Å²) in [6.07, 6.45) is 1.71. The Balaban J connectivity index is 2.52. The molecule has 0 fully saturated rings. The fraction of sp³-hybridized carbons (Fsp3) is 0. The lowest BCUT2D eigenvalue weighted by Crippen LogP contribution is -1.82. The van der Waals surface area contributed by atoms with Crippen LogP contribution in [0.15, 0.2) is 42.6 Å². The maximum Gasteiger partial charge on any atom is 0.0936 e. The molecular formula is C12H7N2. The van der Waals surface area contributed by atoms with Gasteiger partial charge in [-0.2, -0.15) is 10.2 Å². The minimum Gasteiger partial charge on any atom is -0.159 e. The summed E-state index contributed by atoms with van der Waals surface area (Å²) >= 11 is 0. The van der Waals surface area contributed by atoms with Crippen molar-refractivity contribution in [3.63, 3.8) is 0 Å². The maximum atomic E-state index is 4.07. The third-order valence-electron chi connectivity index (χ3n) is 2.32. The Labute approximate surface area is 81.2 Å². The quantitative estimate of drug-likeness (QED) is 0.496. The van der Waals surface area contributed by atoms with Crippen LogP contribution in [0.2, 0.25) is 0 Å². The van der Waals surface area contributed by atoms with Crippen LogP contribution < -0.4 is 0 Å². The van der Waals surface area contributed by atoms with Crippen LogP contribution in [0.3, 0.4) is 0 Å². The van der Waals surface area contributed by atoms with Gasteiger partial charge in [-0.3, -0.25) is 0 Å². The zero-order valence-corrected chi connectivity index (χ0v) is 7.44. The highest BCUT2D eigenvalue weighted by atomic mass is 15.1. The Morgan fingerprint density at radius 3 is 3.00 bits per heavy atom. The van der Waals surface area contributed by atoms with E-state index in [-0.39, 0.29) is 0 Å². The summed E-state index contributed by atoms with van der Waals surface area (Å²) in [5, 5.41) is 11.4. The summed E-state index contributed by atoms with van der Waals surface area (Å²) < 4.78 is 0. The molecule has 0 N–H and O–H groups in total. The number of benzene rings is 2. The average molecular weight is 179 g/mol. The molecule has 3 rings (SSSR count). The first-order chi connectivity index (χ1) is 6.93. The first-order valence-electron chi connectivity index (χ1n) is 4.45. The highest BCUT2D eigenvalue weighted by molar-refractivity contribution is 5.95. The zero-order valence-electron chi connectivity index (χ0n) is 7.44. The van der Waals surface area contributed by atoms with Crippen LogP contribution in [-0.2, 0) is 0 Å². The average Bonchev–Trinajstić information content (AvgIpc) is 2.26. The van der Waals surface area contributed by atoms with E-state index in [0.717, 1.165) is 10.9 Å². The molecule has 0 bridgehead atoms.